The second-order valence-corrected chi connectivity index (χ2v) is 9.82. The zero-order valence-corrected chi connectivity index (χ0v) is 23.6. The molecule has 41 heavy (non-hydrogen) atoms. The lowest BCUT2D eigenvalue weighted by molar-refractivity contribution is -0.142. The molecule has 1 saturated heterocycles. The molecule has 0 atom stereocenters. The highest BCUT2D eigenvalue weighted by Crippen LogP contribution is 2.36. The van der Waals surface area contributed by atoms with Crippen molar-refractivity contribution >= 4 is 46.7 Å². The van der Waals surface area contributed by atoms with Gasteiger partial charge in [-0.05, 0) is 19.1 Å². The largest absolute Gasteiger partial charge is 0.495 e. The summed E-state index contributed by atoms with van der Waals surface area (Å²) in [5, 5.41) is 9.09. The Hall–Kier alpha value is -3.78. The third-order valence-electron chi connectivity index (χ3n) is 6.43. The summed E-state index contributed by atoms with van der Waals surface area (Å²) in [6.45, 7) is 2.93. The van der Waals surface area contributed by atoms with E-state index in [0.717, 1.165) is 4.68 Å². The minimum Gasteiger partial charge on any atom is -0.495 e. The number of carbonyl (C=O) groups excluding carboxylic acids is 2. The molecule has 2 amide bonds. The number of halogens is 5. The number of alkyl halides is 3. The normalized spacial score (nSPS) is 13.7. The van der Waals surface area contributed by atoms with E-state index in [1.54, 1.807) is 24.5 Å². The first-order valence-electron chi connectivity index (χ1n) is 12.5. The molecule has 1 fully saturated rings. The van der Waals surface area contributed by atoms with Crippen LogP contribution in [0.15, 0.2) is 30.6 Å². The van der Waals surface area contributed by atoms with Crippen LogP contribution in [0.4, 0.5) is 24.8 Å². The van der Waals surface area contributed by atoms with E-state index in [1.165, 1.54) is 25.0 Å². The number of aromatic nitrogens is 4. The molecule has 0 aliphatic carbocycles. The van der Waals surface area contributed by atoms with Crippen molar-refractivity contribution in [2.45, 2.75) is 19.6 Å². The van der Waals surface area contributed by atoms with E-state index in [1.807, 2.05) is 4.90 Å². The summed E-state index contributed by atoms with van der Waals surface area (Å²) in [5.74, 6) is 0.0626. The number of hydrogen-bond acceptors (Lipinski definition) is 8. The maximum absolute atomic E-state index is 13.1. The lowest BCUT2D eigenvalue weighted by Crippen LogP contribution is -2.50. The van der Waals surface area contributed by atoms with Gasteiger partial charge in [0.2, 0.25) is 11.9 Å². The van der Waals surface area contributed by atoms with Crippen molar-refractivity contribution in [1.29, 1.82) is 0 Å². The number of ether oxygens (including phenoxy) is 1. The van der Waals surface area contributed by atoms with Crippen LogP contribution >= 0.6 is 23.2 Å². The number of hydrogen-bond donors (Lipinski definition) is 2. The molecule has 0 saturated carbocycles. The molecule has 4 rings (SSSR count). The fourth-order valence-corrected chi connectivity index (χ4v) is 4.75. The summed E-state index contributed by atoms with van der Waals surface area (Å²) in [4.78, 5) is 37.6. The van der Waals surface area contributed by atoms with Crippen molar-refractivity contribution in [3.63, 3.8) is 0 Å². The molecular weight excluding hydrogens is 588 g/mol. The standard InChI is InChI=1S/C25H27Cl2F3N8O3/c1-15-21(27)22(25(28,29)30)35-38(15)14-20(39)37-10-8-36(9-11-37)18-13-19(41-2)17(26)12-16(18)23(40)31-6-7-34-24-32-4-3-5-33-24/h3-5,12-13H,6-11,14H2,1-2H3,(H,31,40)(H,32,33,34). The molecule has 1 aromatic carbocycles. The highest BCUT2D eigenvalue weighted by atomic mass is 35.5. The summed E-state index contributed by atoms with van der Waals surface area (Å²) in [6.07, 6.45) is -1.52. The average Bonchev–Trinajstić information content (AvgIpc) is 3.24. The van der Waals surface area contributed by atoms with Crippen LogP contribution < -0.4 is 20.3 Å². The Morgan fingerprint density at radius 3 is 2.37 bits per heavy atom. The average molecular weight is 615 g/mol. The number of rotatable bonds is 9. The Bertz CT molecular complexity index is 1400. The molecular formula is C25H27Cl2F3N8O3. The first kappa shape index (κ1) is 30.2. The van der Waals surface area contributed by atoms with Gasteiger partial charge >= 0.3 is 6.18 Å². The van der Waals surface area contributed by atoms with Crippen LogP contribution in [0.2, 0.25) is 10.0 Å². The number of amides is 2. The second-order valence-electron chi connectivity index (χ2n) is 9.03. The first-order valence-corrected chi connectivity index (χ1v) is 13.2. The molecule has 0 bridgehead atoms. The third-order valence-corrected chi connectivity index (χ3v) is 7.18. The molecule has 0 radical (unpaired) electrons. The van der Waals surface area contributed by atoms with Crippen LogP contribution in [-0.4, -0.2) is 82.8 Å². The van der Waals surface area contributed by atoms with Gasteiger partial charge < -0.3 is 25.2 Å². The van der Waals surface area contributed by atoms with Gasteiger partial charge in [-0.15, -0.1) is 0 Å². The van der Waals surface area contributed by atoms with Gasteiger partial charge in [-0.2, -0.15) is 18.3 Å². The Kier molecular flexibility index (Phi) is 9.43. The number of anilines is 2. The molecule has 1 aliphatic rings. The van der Waals surface area contributed by atoms with Crippen LogP contribution in [0.5, 0.6) is 5.75 Å². The maximum Gasteiger partial charge on any atom is 0.436 e. The molecule has 2 N–H and O–H groups in total. The van der Waals surface area contributed by atoms with E-state index < -0.39 is 22.8 Å². The van der Waals surface area contributed by atoms with Crippen molar-refractivity contribution in [2.24, 2.45) is 0 Å². The number of methoxy groups -OCH3 is 1. The summed E-state index contributed by atoms with van der Waals surface area (Å²) in [5.41, 5.74) is -0.268. The fraction of sp³-hybridized carbons (Fsp3) is 0.400. The molecule has 16 heteroatoms. The Balaban J connectivity index is 1.40. The summed E-state index contributed by atoms with van der Waals surface area (Å²) in [7, 11) is 1.46. The summed E-state index contributed by atoms with van der Waals surface area (Å²) >= 11 is 12.1. The van der Waals surface area contributed by atoms with Crippen molar-refractivity contribution in [3.8, 4) is 5.75 Å². The molecule has 2 aromatic heterocycles. The van der Waals surface area contributed by atoms with Gasteiger partial charge in [-0.25, -0.2) is 9.97 Å². The molecule has 0 unspecified atom stereocenters. The number of nitrogens with one attached hydrogen (secondary N) is 2. The Morgan fingerprint density at radius 2 is 1.76 bits per heavy atom. The van der Waals surface area contributed by atoms with E-state index in [-0.39, 0.29) is 42.8 Å². The predicted molar refractivity (Wildman–Crippen MR) is 147 cm³/mol. The lowest BCUT2D eigenvalue weighted by Gasteiger charge is -2.37. The number of benzene rings is 1. The topological polar surface area (TPSA) is 118 Å². The van der Waals surface area contributed by atoms with Gasteiger partial charge in [0.1, 0.15) is 12.3 Å². The number of piperazine rings is 1. The van der Waals surface area contributed by atoms with Crippen molar-refractivity contribution < 1.29 is 27.5 Å². The molecule has 220 valence electrons. The molecule has 1 aliphatic heterocycles. The van der Waals surface area contributed by atoms with Gasteiger partial charge in [0.15, 0.2) is 5.69 Å². The van der Waals surface area contributed by atoms with Crippen LogP contribution in [0.1, 0.15) is 21.7 Å². The van der Waals surface area contributed by atoms with Crippen LogP contribution in [0.25, 0.3) is 0 Å². The van der Waals surface area contributed by atoms with E-state index in [9.17, 15) is 22.8 Å². The molecule has 3 aromatic rings. The zero-order valence-electron chi connectivity index (χ0n) is 22.1. The smallest absolute Gasteiger partial charge is 0.436 e. The minimum atomic E-state index is -4.72. The first-order chi connectivity index (χ1) is 19.5. The summed E-state index contributed by atoms with van der Waals surface area (Å²) in [6, 6.07) is 4.89. The van der Waals surface area contributed by atoms with Crippen LogP contribution in [-0.2, 0) is 17.5 Å². The Morgan fingerprint density at radius 1 is 1.07 bits per heavy atom. The highest BCUT2D eigenvalue weighted by Gasteiger charge is 2.38. The second kappa shape index (κ2) is 12.8. The zero-order chi connectivity index (χ0) is 29.7. The van der Waals surface area contributed by atoms with Crippen LogP contribution in [0.3, 0.4) is 0 Å². The number of carbonyl (C=O) groups is 2. The van der Waals surface area contributed by atoms with Gasteiger partial charge in [0.05, 0.1) is 34.1 Å². The predicted octanol–water partition coefficient (Wildman–Crippen LogP) is 3.51. The Labute approximate surface area is 243 Å². The van der Waals surface area contributed by atoms with E-state index in [4.69, 9.17) is 27.9 Å². The van der Waals surface area contributed by atoms with E-state index in [2.05, 4.69) is 25.7 Å². The molecule has 3 heterocycles. The monoisotopic (exact) mass is 614 g/mol. The van der Waals surface area contributed by atoms with E-state index >= 15 is 0 Å². The quantitative estimate of drug-likeness (QED) is 0.352. The van der Waals surface area contributed by atoms with Crippen LogP contribution in [0, 0.1) is 6.92 Å². The van der Waals surface area contributed by atoms with Crippen molar-refractivity contribution in [3.05, 3.63) is 57.6 Å². The minimum absolute atomic E-state index is 0.0568. The number of nitrogens with zero attached hydrogens (tertiary/aromatic N) is 6. The lowest BCUT2D eigenvalue weighted by atomic mass is 10.1. The van der Waals surface area contributed by atoms with Gasteiger partial charge in [0.25, 0.3) is 5.91 Å². The van der Waals surface area contributed by atoms with Crippen molar-refractivity contribution in [1.82, 2.24) is 30.0 Å². The summed E-state index contributed by atoms with van der Waals surface area (Å²) < 4.78 is 45.8. The van der Waals surface area contributed by atoms with Gasteiger partial charge in [-0.3, -0.25) is 14.3 Å². The van der Waals surface area contributed by atoms with E-state index in [0.29, 0.717) is 42.6 Å². The molecule has 0 spiro atoms. The fourth-order valence-electron chi connectivity index (χ4n) is 4.26. The van der Waals surface area contributed by atoms with Gasteiger partial charge in [-0.1, -0.05) is 23.2 Å². The maximum atomic E-state index is 13.1. The SMILES string of the molecule is COc1cc(N2CCN(C(=O)Cn3nc(C(F)(F)F)c(Cl)c3C)CC2)c(C(=O)NCCNc2ncccn2)cc1Cl. The van der Waals surface area contributed by atoms with Gasteiger partial charge in [0, 0.05) is 57.7 Å². The van der Waals surface area contributed by atoms with Crippen molar-refractivity contribution in [2.75, 3.05) is 56.6 Å². The molecule has 11 nitrogen and oxygen atoms in total. The highest BCUT2D eigenvalue weighted by molar-refractivity contribution is 6.32. The third kappa shape index (κ3) is 7.11.